The van der Waals surface area contributed by atoms with Crippen LogP contribution in [0.15, 0.2) is 30.3 Å². The number of alkyl halides is 3. The fourth-order valence-electron chi connectivity index (χ4n) is 3.23. The van der Waals surface area contributed by atoms with Crippen LogP contribution in [0, 0.1) is 25.2 Å². The van der Waals surface area contributed by atoms with Gasteiger partial charge in [0.1, 0.15) is 11.9 Å². The number of rotatable bonds is 9. The van der Waals surface area contributed by atoms with Gasteiger partial charge in [-0.2, -0.15) is 18.4 Å². The van der Waals surface area contributed by atoms with Crippen molar-refractivity contribution in [1.29, 1.82) is 5.26 Å². The first-order valence-corrected chi connectivity index (χ1v) is 9.49. The molecule has 1 amide bonds. The third-order valence-electron chi connectivity index (χ3n) is 4.78. The van der Waals surface area contributed by atoms with E-state index in [1.807, 2.05) is 37.3 Å². The first kappa shape index (κ1) is 23.4. The maximum Gasteiger partial charge on any atom is 0.401 e. The number of nitrogens with zero attached hydrogens (tertiary/aromatic N) is 3. The van der Waals surface area contributed by atoms with Gasteiger partial charge in [-0.15, -0.1) is 0 Å². The molecular formula is C21H25F3N4O2. The summed E-state index contributed by atoms with van der Waals surface area (Å²) in [5.74, 6) is -0.379. The van der Waals surface area contributed by atoms with Gasteiger partial charge >= 0.3 is 6.18 Å². The molecule has 0 fully saturated rings. The highest BCUT2D eigenvalue weighted by Gasteiger charge is 2.31. The molecule has 2 rings (SSSR count). The van der Waals surface area contributed by atoms with Crippen molar-refractivity contribution >= 4 is 11.7 Å². The highest BCUT2D eigenvalue weighted by Crippen LogP contribution is 2.27. The molecule has 9 heteroatoms. The smallest absolute Gasteiger partial charge is 0.396 e. The van der Waals surface area contributed by atoms with E-state index >= 15 is 0 Å². The van der Waals surface area contributed by atoms with E-state index in [4.69, 9.17) is 5.11 Å². The number of carbonyl (C=O) groups is 1. The van der Waals surface area contributed by atoms with Crippen molar-refractivity contribution in [2.45, 2.75) is 33.0 Å². The summed E-state index contributed by atoms with van der Waals surface area (Å²) < 4.78 is 40.2. The number of nitriles is 1. The van der Waals surface area contributed by atoms with E-state index in [2.05, 4.69) is 11.4 Å². The van der Waals surface area contributed by atoms with Crippen molar-refractivity contribution in [1.82, 2.24) is 9.47 Å². The van der Waals surface area contributed by atoms with Gasteiger partial charge < -0.3 is 15.0 Å². The van der Waals surface area contributed by atoms with Crippen LogP contribution >= 0.6 is 0 Å². The van der Waals surface area contributed by atoms with E-state index in [9.17, 15) is 23.2 Å². The molecule has 0 unspecified atom stereocenters. The second-order valence-electron chi connectivity index (χ2n) is 7.07. The van der Waals surface area contributed by atoms with Gasteiger partial charge in [0.15, 0.2) is 0 Å². The van der Waals surface area contributed by atoms with Crippen LogP contribution in [0.3, 0.4) is 0 Å². The standard InChI is InChI=1S/C21H25F3N4O2/c1-15-16(2)28(12-17-7-4-3-5-8-17)20(18(15)11-25)26-19(30)13-27(9-6-10-29)14-21(22,23)24/h3-5,7-8,29H,6,9-10,12-14H2,1-2H3,(H,26,30). The number of halogens is 3. The molecule has 0 aliphatic rings. The Balaban J connectivity index is 2.26. The molecule has 0 saturated heterocycles. The molecule has 0 atom stereocenters. The maximum absolute atomic E-state index is 12.8. The molecule has 0 spiro atoms. The predicted molar refractivity (Wildman–Crippen MR) is 107 cm³/mol. The Morgan fingerprint density at radius 3 is 2.50 bits per heavy atom. The number of hydrogen-bond acceptors (Lipinski definition) is 4. The number of hydrogen-bond donors (Lipinski definition) is 2. The normalized spacial score (nSPS) is 11.5. The number of aromatic nitrogens is 1. The van der Waals surface area contributed by atoms with Gasteiger partial charge in [-0.1, -0.05) is 30.3 Å². The summed E-state index contributed by atoms with van der Waals surface area (Å²) in [6.07, 6.45) is -4.34. The third-order valence-corrected chi connectivity index (χ3v) is 4.78. The van der Waals surface area contributed by atoms with E-state index in [0.717, 1.165) is 16.2 Å². The SMILES string of the molecule is Cc1c(C#N)c(NC(=O)CN(CCCO)CC(F)(F)F)n(Cc2ccccc2)c1C. The van der Waals surface area contributed by atoms with Crippen molar-refractivity contribution in [2.24, 2.45) is 0 Å². The molecule has 2 N–H and O–H groups in total. The molecule has 1 heterocycles. The molecule has 30 heavy (non-hydrogen) atoms. The number of nitrogens with one attached hydrogen (secondary N) is 1. The van der Waals surface area contributed by atoms with E-state index < -0.39 is 25.2 Å². The molecule has 0 radical (unpaired) electrons. The van der Waals surface area contributed by atoms with Crippen LogP contribution in [0.5, 0.6) is 0 Å². The minimum atomic E-state index is -4.46. The molecule has 162 valence electrons. The topological polar surface area (TPSA) is 81.3 Å². The quantitative estimate of drug-likeness (QED) is 0.650. The van der Waals surface area contributed by atoms with E-state index in [0.29, 0.717) is 12.1 Å². The third kappa shape index (κ3) is 6.34. The predicted octanol–water partition coefficient (Wildman–Crippen LogP) is 3.21. The fraction of sp³-hybridized carbons (Fsp3) is 0.429. The lowest BCUT2D eigenvalue weighted by Gasteiger charge is -2.23. The lowest BCUT2D eigenvalue weighted by atomic mass is 10.2. The average molecular weight is 422 g/mol. The number of carbonyl (C=O) groups excluding carboxylic acids is 1. The lowest BCUT2D eigenvalue weighted by Crippen LogP contribution is -2.40. The van der Waals surface area contributed by atoms with Crippen LogP contribution in [0.1, 0.15) is 28.8 Å². The highest BCUT2D eigenvalue weighted by atomic mass is 19.4. The number of aliphatic hydroxyl groups is 1. The summed E-state index contributed by atoms with van der Waals surface area (Å²) in [7, 11) is 0. The molecule has 1 aromatic carbocycles. The Labute approximate surface area is 173 Å². The summed E-state index contributed by atoms with van der Waals surface area (Å²) in [6, 6.07) is 11.5. The monoisotopic (exact) mass is 422 g/mol. The van der Waals surface area contributed by atoms with Crippen LogP contribution in [0.4, 0.5) is 19.0 Å². The van der Waals surface area contributed by atoms with E-state index in [1.165, 1.54) is 0 Å². The Hall–Kier alpha value is -2.83. The van der Waals surface area contributed by atoms with Crippen LogP contribution in [-0.4, -0.2) is 52.9 Å². The second-order valence-corrected chi connectivity index (χ2v) is 7.07. The molecule has 0 aliphatic heterocycles. The van der Waals surface area contributed by atoms with Gasteiger partial charge in [0.25, 0.3) is 0 Å². The fourth-order valence-corrected chi connectivity index (χ4v) is 3.23. The average Bonchev–Trinajstić information content (AvgIpc) is 2.89. The van der Waals surface area contributed by atoms with Gasteiger partial charge in [0.05, 0.1) is 18.7 Å². The van der Waals surface area contributed by atoms with Gasteiger partial charge in [0.2, 0.25) is 5.91 Å². The Kier molecular flexibility index (Phi) is 8.03. The highest BCUT2D eigenvalue weighted by molar-refractivity contribution is 5.93. The molecule has 0 aliphatic carbocycles. The number of anilines is 1. The van der Waals surface area contributed by atoms with Crippen LogP contribution in [0.25, 0.3) is 0 Å². The van der Waals surface area contributed by atoms with Gasteiger partial charge in [0, 0.05) is 25.4 Å². The zero-order chi connectivity index (χ0) is 22.3. The maximum atomic E-state index is 12.8. The van der Waals surface area contributed by atoms with E-state index in [1.54, 1.807) is 11.5 Å². The first-order valence-electron chi connectivity index (χ1n) is 9.49. The number of amides is 1. The molecule has 0 saturated carbocycles. The molecule has 2 aromatic rings. The molecular weight excluding hydrogens is 397 g/mol. The minimum absolute atomic E-state index is 0.0718. The van der Waals surface area contributed by atoms with Crippen molar-refractivity contribution in [3.05, 3.63) is 52.7 Å². The summed E-state index contributed by atoms with van der Waals surface area (Å²) in [5.41, 5.74) is 2.74. The Morgan fingerprint density at radius 2 is 1.93 bits per heavy atom. The van der Waals surface area contributed by atoms with Crippen molar-refractivity contribution < 1.29 is 23.1 Å². The lowest BCUT2D eigenvalue weighted by molar-refractivity contribution is -0.148. The van der Waals surface area contributed by atoms with Crippen molar-refractivity contribution in [3.63, 3.8) is 0 Å². The second kappa shape index (κ2) is 10.3. The summed E-state index contributed by atoms with van der Waals surface area (Å²) in [6.45, 7) is 1.90. The molecule has 0 bridgehead atoms. The number of aliphatic hydroxyl groups excluding tert-OH is 1. The first-order chi connectivity index (χ1) is 14.2. The zero-order valence-electron chi connectivity index (χ0n) is 17.0. The van der Waals surface area contributed by atoms with Gasteiger partial charge in [-0.25, -0.2) is 0 Å². The largest absolute Gasteiger partial charge is 0.401 e. The Morgan fingerprint density at radius 1 is 1.27 bits per heavy atom. The van der Waals surface area contributed by atoms with Crippen molar-refractivity contribution in [3.8, 4) is 6.07 Å². The zero-order valence-corrected chi connectivity index (χ0v) is 17.0. The van der Waals surface area contributed by atoms with Crippen molar-refractivity contribution in [2.75, 3.05) is 31.6 Å². The Bertz CT molecular complexity index is 902. The molecule has 6 nitrogen and oxygen atoms in total. The molecule has 1 aromatic heterocycles. The van der Waals surface area contributed by atoms with Crippen LogP contribution in [-0.2, 0) is 11.3 Å². The van der Waals surface area contributed by atoms with Gasteiger partial charge in [-0.05, 0) is 31.4 Å². The summed E-state index contributed by atoms with van der Waals surface area (Å²) >= 11 is 0. The van der Waals surface area contributed by atoms with Crippen LogP contribution in [0.2, 0.25) is 0 Å². The minimum Gasteiger partial charge on any atom is -0.396 e. The van der Waals surface area contributed by atoms with Gasteiger partial charge in [-0.3, -0.25) is 9.69 Å². The van der Waals surface area contributed by atoms with E-state index in [-0.39, 0.29) is 31.0 Å². The number of benzene rings is 1. The summed E-state index contributed by atoms with van der Waals surface area (Å²) in [4.78, 5) is 13.5. The summed E-state index contributed by atoms with van der Waals surface area (Å²) in [5, 5.41) is 21.1. The van der Waals surface area contributed by atoms with Crippen LogP contribution < -0.4 is 5.32 Å².